The van der Waals surface area contributed by atoms with Gasteiger partial charge in [-0.25, -0.2) is 0 Å². The fraction of sp³-hybridized carbons (Fsp3) is 0.917. The zero-order valence-corrected chi connectivity index (χ0v) is 10.2. The number of carboxylic acids is 1. The van der Waals surface area contributed by atoms with Crippen molar-refractivity contribution >= 4 is 5.97 Å². The molecule has 0 aromatic rings. The van der Waals surface area contributed by atoms with Crippen LogP contribution in [0.3, 0.4) is 0 Å². The van der Waals surface area contributed by atoms with Crippen LogP contribution in [0.1, 0.15) is 39.0 Å². The van der Waals surface area contributed by atoms with E-state index in [1.807, 2.05) is 0 Å². The Kier molecular flexibility index (Phi) is 5.77. The van der Waals surface area contributed by atoms with Crippen molar-refractivity contribution in [2.24, 2.45) is 5.92 Å². The van der Waals surface area contributed by atoms with Crippen LogP contribution in [0, 0.1) is 5.92 Å². The van der Waals surface area contributed by atoms with Gasteiger partial charge in [-0.05, 0) is 32.2 Å². The van der Waals surface area contributed by atoms with E-state index < -0.39 is 12.0 Å². The van der Waals surface area contributed by atoms with Gasteiger partial charge in [0.15, 0.2) is 0 Å². The maximum atomic E-state index is 10.7. The molecule has 0 aromatic heterocycles. The summed E-state index contributed by atoms with van der Waals surface area (Å²) in [4.78, 5) is 10.7. The fourth-order valence-electron chi connectivity index (χ4n) is 2.27. The first-order valence-corrected chi connectivity index (χ1v) is 6.15. The van der Waals surface area contributed by atoms with Crippen LogP contribution >= 0.6 is 0 Å². The number of aliphatic carboxylic acids is 1. The standard InChI is InChI=1S/C12H23NO3/c1-9-4-3-5-10(8-9)16-7-6-11(13-2)12(14)15/h9-11,13H,3-8H2,1-2H3,(H,14,15). The lowest BCUT2D eigenvalue weighted by atomic mass is 9.89. The quantitative estimate of drug-likeness (QED) is 0.727. The Morgan fingerprint density at radius 1 is 1.56 bits per heavy atom. The number of rotatable bonds is 6. The zero-order valence-electron chi connectivity index (χ0n) is 10.2. The van der Waals surface area contributed by atoms with Crippen molar-refractivity contribution in [3.63, 3.8) is 0 Å². The van der Waals surface area contributed by atoms with Gasteiger partial charge in [0.1, 0.15) is 6.04 Å². The molecule has 0 amide bonds. The third-order valence-electron chi connectivity index (χ3n) is 3.29. The minimum Gasteiger partial charge on any atom is -0.480 e. The maximum absolute atomic E-state index is 10.7. The molecular formula is C12H23NO3. The Balaban J connectivity index is 2.16. The lowest BCUT2D eigenvalue weighted by molar-refractivity contribution is -0.140. The molecule has 1 aliphatic carbocycles. The molecule has 1 fully saturated rings. The van der Waals surface area contributed by atoms with E-state index in [1.54, 1.807) is 7.05 Å². The first kappa shape index (κ1) is 13.5. The second kappa shape index (κ2) is 6.86. The summed E-state index contributed by atoms with van der Waals surface area (Å²) < 4.78 is 5.73. The third-order valence-corrected chi connectivity index (χ3v) is 3.29. The topological polar surface area (TPSA) is 58.6 Å². The summed E-state index contributed by atoms with van der Waals surface area (Å²) in [5, 5.41) is 11.6. The average Bonchev–Trinajstić information content (AvgIpc) is 2.24. The highest BCUT2D eigenvalue weighted by molar-refractivity contribution is 5.73. The molecule has 3 atom stereocenters. The molecule has 3 unspecified atom stereocenters. The molecule has 16 heavy (non-hydrogen) atoms. The van der Waals surface area contributed by atoms with E-state index in [-0.39, 0.29) is 0 Å². The van der Waals surface area contributed by atoms with Crippen LogP contribution in [0.4, 0.5) is 0 Å². The van der Waals surface area contributed by atoms with Gasteiger partial charge in [0.2, 0.25) is 0 Å². The van der Waals surface area contributed by atoms with E-state index >= 15 is 0 Å². The normalized spacial score (nSPS) is 27.6. The number of likely N-dealkylation sites (N-methyl/N-ethyl adjacent to an activating group) is 1. The van der Waals surface area contributed by atoms with E-state index in [2.05, 4.69) is 12.2 Å². The zero-order chi connectivity index (χ0) is 12.0. The van der Waals surface area contributed by atoms with Crippen LogP contribution in [-0.4, -0.2) is 36.9 Å². The smallest absolute Gasteiger partial charge is 0.320 e. The predicted molar refractivity (Wildman–Crippen MR) is 62.5 cm³/mol. The predicted octanol–water partition coefficient (Wildman–Crippen LogP) is 1.64. The molecule has 1 saturated carbocycles. The molecule has 94 valence electrons. The largest absolute Gasteiger partial charge is 0.480 e. The van der Waals surface area contributed by atoms with Gasteiger partial charge in [-0.1, -0.05) is 19.8 Å². The van der Waals surface area contributed by atoms with E-state index in [1.165, 1.54) is 12.8 Å². The molecule has 4 heteroatoms. The van der Waals surface area contributed by atoms with Crippen molar-refractivity contribution in [1.82, 2.24) is 5.32 Å². The van der Waals surface area contributed by atoms with E-state index in [0.717, 1.165) is 18.8 Å². The lowest BCUT2D eigenvalue weighted by Gasteiger charge is -2.27. The monoisotopic (exact) mass is 229 g/mol. The van der Waals surface area contributed by atoms with Crippen LogP contribution in [0.5, 0.6) is 0 Å². The van der Waals surface area contributed by atoms with Crippen LogP contribution in [0.2, 0.25) is 0 Å². The number of carboxylic acid groups (broad SMARTS) is 1. The summed E-state index contributed by atoms with van der Waals surface area (Å²) in [6.07, 6.45) is 5.67. The van der Waals surface area contributed by atoms with Crippen molar-refractivity contribution in [3.05, 3.63) is 0 Å². The highest BCUT2D eigenvalue weighted by atomic mass is 16.5. The summed E-state index contributed by atoms with van der Waals surface area (Å²) in [5.41, 5.74) is 0. The van der Waals surface area contributed by atoms with Gasteiger partial charge in [-0.2, -0.15) is 0 Å². The first-order valence-electron chi connectivity index (χ1n) is 6.15. The van der Waals surface area contributed by atoms with Crippen molar-refractivity contribution in [2.45, 2.75) is 51.2 Å². The number of ether oxygens (including phenoxy) is 1. The molecule has 0 radical (unpaired) electrons. The van der Waals surface area contributed by atoms with E-state index in [4.69, 9.17) is 9.84 Å². The van der Waals surface area contributed by atoms with Crippen LogP contribution in [0.25, 0.3) is 0 Å². The van der Waals surface area contributed by atoms with Gasteiger partial charge >= 0.3 is 5.97 Å². The molecular weight excluding hydrogens is 206 g/mol. The van der Waals surface area contributed by atoms with Crippen molar-refractivity contribution in [2.75, 3.05) is 13.7 Å². The first-order chi connectivity index (χ1) is 7.63. The maximum Gasteiger partial charge on any atom is 0.320 e. The van der Waals surface area contributed by atoms with Gasteiger partial charge in [-0.15, -0.1) is 0 Å². The Bertz CT molecular complexity index is 220. The minimum absolute atomic E-state index is 0.343. The summed E-state index contributed by atoms with van der Waals surface area (Å²) in [7, 11) is 1.67. The number of hydrogen-bond donors (Lipinski definition) is 2. The second-order valence-corrected chi connectivity index (χ2v) is 4.73. The molecule has 0 spiro atoms. The second-order valence-electron chi connectivity index (χ2n) is 4.73. The molecule has 0 heterocycles. The van der Waals surface area contributed by atoms with Crippen molar-refractivity contribution in [3.8, 4) is 0 Å². The molecule has 0 saturated heterocycles. The highest BCUT2D eigenvalue weighted by Crippen LogP contribution is 2.25. The highest BCUT2D eigenvalue weighted by Gasteiger charge is 2.20. The summed E-state index contributed by atoms with van der Waals surface area (Å²) in [6, 6.07) is -0.485. The van der Waals surface area contributed by atoms with E-state index in [9.17, 15) is 4.79 Å². The number of nitrogens with one attached hydrogen (secondary N) is 1. The molecule has 1 aliphatic rings. The molecule has 0 aromatic carbocycles. The van der Waals surface area contributed by atoms with Crippen LogP contribution < -0.4 is 5.32 Å². The van der Waals surface area contributed by atoms with Gasteiger partial charge in [0.25, 0.3) is 0 Å². The summed E-state index contributed by atoms with van der Waals surface area (Å²) >= 11 is 0. The fourth-order valence-corrected chi connectivity index (χ4v) is 2.27. The lowest BCUT2D eigenvalue weighted by Crippen LogP contribution is -2.35. The van der Waals surface area contributed by atoms with E-state index in [0.29, 0.717) is 19.1 Å². The Morgan fingerprint density at radius 2 is 2.31 bits per heavy atom. The molecule has 1 rings (SSSR count). The minimum atomic E-state index is -0.803. The van der Waals surface area contributed by atoms with Gasteiger partial charge in [0.05, 0.1) is 6.10 Å². The Morgan fingerprint density at radius 3 is 2.88 bits per heavy atom. The number of hydrogen-bond acceptors (Lipinski definition) is 3. The van der Waals surface area contributed by atoms with Crippen molar-refractivity contribution in [1.29, 1.82) is 0 Å². The number of carbonyl (C=O) groups is 1. The SMILES string of the molecule is CNC(CCOC1CCCC(C)C1)C(=O)O. The van der Waals surface area contributed by atoms with Crippen LogP contribution in [-0.2, 0) is 9.53 Å². The van der Waals surface area contributed by atoms with Gasteiger partial charge < -0.3 is 15.2 Å². The Hall–Kier alpha value is -0.610. The van der Waals surface area contributed by atoms with Gasteiger partial charge in [0, 0.05) is 6.61 Å². The summed E-state index contributed by atoms with van der Waals surface area (Å²) in [6.45, 7) is 2.79. The van der Waals surface area contributed by atoms with Gasteiger partial charge in [-0.3, -0.25) is 4.79 Å². The summed E-state index contributed by atoms with van der Waals surface area (Å²) in [5.74, 6) is -0.0542. The molecule has 0 aliphatic heterocycles. The van der Waals surface area contributed by atoms with Crippen LogP contribution in [0.15, 0.2) is 0 Å². The van der Waals surface area contributed by atoms with Crippen molar-refractivity contribution < 1.29 is 14.6 Å². The molecule has 0 bridgehead atoms. The average molecular weight is 229 g/mol. The Labute approximate surface area is 97.4 Å². The molecule has 2 N–H and O–H groups in total. The molecule has 4 nitrogen and oxygen atoms in total. The third kappa shape index (κ3) is 4.49.